The lowest BCUT2D eigenvalue weighted by Crippen LogP contribution is -1.73. The van der Waals surface area contributed by atoms with Gasteiger partial charge >= 0.3 is 0 Å². The van der Waals surface area contributed by atoms with E-state index in [4.69, 9.17) is 0 Å². The second kappa shape index (κ2) is 34.1. The monoisotopic (exact) mass is 404 g/mol. The van der Waals surface area contributed by atoms with Gasteiger partial charge in [0.25, 0.3) is 0 Å². The summed E-state index contributed by atoms with van der Waals surface area (Å²) in [6.07, 6.45) is 0.833. The van der Waals surface area contributed by atoms with Gasteiger partial charge in [0.05, 0.1) is 0 Å². The number of hydrogen-bond acceptors (Lipinski definition) is 1. The Bertz CT molecular complexity index is 420. The van der Waals surface area contributed by atoms with Gasteiger partial charge in [-0.05, 0) is 12.1 Å². The minimum atomic E-state index is 0.729. The molecule has 0 aliphatic heterocycles. The van der Waals surface area contributed by atoms with Crippen molar-refractivity contribution in [2.75, 3.05) is 0 Å². The van der Waals surface area contributed by atoms with E-state index in [9.17, 15) is 4.79 Å². The summed E-state index contributed by atoms with van der Waals surface area (Å²) in [5, 5.41) is 0. The number of hydrogen-bond donors (Lipinski definition) is 0. The van der Waals surface area contributed by atoms with Crippen LogP contribution in [0.4, 0.5) is 0 Å². The smallest absolute Gasteiger partial charge is 0.150 e. The fraction of sp³-hybridized carbons (Fsp3) is 0.381. The van der Waals surface area contributed by atoms with Crippen molar-refractivity contribution in [3.8, 4) is 0 Å². The van der Waals surface area contributed by atoms with Crippen LogP contribution in [0.1, 0.15) is 38.1 Å². The van der Waals surface area contributed by atoms with E-state index in [0.29, 0.717) is 0 Å². The predicted octanol–water partition coefficient (Wildman–Crippen LogP) is 7.57. The highest BCUT2D eigenvalue weighted by molar-refractivity contribution is 9.10. The van der Waals surface area contributed by atoms with Crippen LogP contribution in [0.5, 0.6) is 0 Å². The van der Waals surface area contributed by atoms with Crippen LogP contribution in [0.25, 0.3) is 0 Å². The quantitative estimate of drug-likeness (QED) is 0.353. The highest BCUT2D eigenvalue weighted by Gasteiger charge is 1.80. The van der Waals surface area contributed by atoms with E-state index in [0.717, 1.165) is 16.3 Å². The fourth-order valence-electron chi connectivity index (χ4n) is 0.946. The molecular formula is C21H35B2BrO. The molecule has 4 heteroatoms. The first kappa shape index (κ1) is 31.5. The van der Waals surface area contributed by atoms with Gasteiger partial charge in [-0.15, -0.1) is 0 Å². The first-order valence-corrected chi connectivity index (χ1v) is 9.64. The van der Waals surface area contributed by atoms with Crippen LogP contribution in [0.15, 0.2) is 65.1 Å². The summed E-state index contributed by atoms with van der Waals surface area (Å²) in [5.74, 6) is 0. The molecule has 0 spiro atoms. The van der Waals surface area contributed by atoms with Gasteiger partial charge < -0.3 is 0 Å². The average molecular weight is 405 g/mol. The predicted molar refractivity (Wildman–Crippen MR) is 124 cm³/mol. The van der Waals surface area contributed by atoms with E-state index < -0.39 is 0 Å². The standard InChI is InChI=1S/C7H6O.C6H5Br.2C2H6B.2C2H6/c8-6-7-4-2-1-3-5-7;7-6-4-2-1-3-5-6;2*1-3-2;2*1-2/h1-6H;1-5H;2*1-2H3;2*1-2H3. The summed E-state index contributed by atoms with van der Waals surface area (Å²) in [6.45, 7) is 16.0. The molecule has 0 heterocycles. The van der Waals surface area contributed by atoms with Gasteiger partial charge in [-0.25, -0.2) is 0 Å². The van der Waals surface area contributed by atoms with Crippen molar-refractivity contribution in [2.24, 2.45) is 0 Å². The highest BCUT2D eigenvalue weighted by Crippen LogP contribution is 2.05. The summed E-state index contributed by atoms with van der Waals surface area (Å²) in [6, 6.07) is 19.1. The van der Waals surface area contributed by atoms with Crippen molar-refractivity contribution >= 4 is 36.8 Å². The number of halogens is 1. The molecule has 2 aromatic rings. The molecule has 2 rings (SSSR count). The Morgan fingerprint density at radius 1 is 0.680 bits per heavy atom. The van der Waals surface area contributed by atoms with Crippen LogP contribution < -0.4 is 0 Å². The normalized spacial score (nSPS) is 6.76. The maximum atomic E-state index is 10.0. The lowest BCUT2D eigenvalue weighted by Gasteiger charge is -1.81. The summed E-state index contributed by atoms with van der Waals surface area (Å²) in [7, 11) is 4.00. The molecule has 0 saturated heterocycles. The number of carbonyl (C=O) groups is 1. The molecule has 1 nitrogen and oxygen atoms in total. The highest BCUT2D eigenvalue weighted by atomic mass is 79.9. The fourth-order valence-corrected chi connectivity index (χ4v) is 1.25. The van der Waals surface area contributed by atoms with Gasteiger partial charge in [0, 0.05) is 10.0 Å². The third-order valence-corrected chi connectivity index (χ3v) is 2.20. The second-order valence-electron chi connectivity index (χ2n) is 3.98. The zero-order valence-electron chi connectivity index (χ0n) is 17.3. The van der Waals surface area contributed by atoms with E-state index in [1.165, 1.54) is 0 Å². The molecule has 0 aliphatic carbocycles. The molecule has 0 aromatic heterocycles. The van der Waals surface area contributed by atoms with Gasteiger partial charge in [-0.2, -0.15) is 0 Å². The van der Waals surface area contributed by atoms with Crippen molar-refractivity contribution in [1.82, 2.24) is 0 Å². The Kier molecular flexibility index (Phi) is 43.0. The second-order valence-corrected chi connectivity index (χ2v) is 4.89. The average Bonchev–Trinajstić information content (AvgIpc) is 2.68. The largest absolute Gasteiger partial charge is 0.298 e. The molecule has 25 heavy (non-hydrogen) atoms. The maximum absolute atomic E-state index is 10.0. The van der Waals surface area contributed by atoms with Crippen molar-refractivity contribution in [2.45, 2.75) is 55.0 Å². The molecule has 0 atom stereocenters. The van der Waals surface area contributed by atoms with E-state index in [2.05, 4.69) is 15.9 Å². The minimum Gasteiger partial charge on any atom is -0.298 e. The van der Waals surface area contributed by atoms with Gasteiger partial charge in [0.1, 0.15) is 20.8 Å². The van der Waals surface area contributed by atoms with E-state index >= 15 is 0 Å². The van der Waals surface area contributed by atoms with Crippen LogP contribution in [0, 0.1) is 0 Å². The van der Waals surface area contributed by atoms with Crippen LogP contribution >= 0.6 is 15.9 Å². The zero-order chi connectivity index (χ0) is 20.3. The third kappa shape index (κ3) is 34.9. The molecule has 2 radical (unpaired) electrons. The Morgan fingerprint density at radius 3 is 1.12 bits per heavy atom. The van der Waals surface area contributed by atoms with E-state index in [1.54, 1.807) is 12.1 Å². The Balaban J connectivity index is -0.000000118. The van der Waals surface area contributed by atoms with E-state index in [1.807, 2.05) is 118 Å². The Hall–Kier alpha value is -1.28. The first-order chi connectivity index (χ1) is 12.2. The Morgan fingerprint density at radius 2 is 0.960 bits per heavy atom. The third-order valence-electron chi connectivity index (χ3n) is 1.67. The van der Waals surface area contributed by atoms with Crippen LogP contribution in [-0.4, -0.2) is 20.8 Å². The summed E-state index contributed by atoms with van der Waals surface area (Å²) in [5.41, 5.74) is 0.729. The van der Waals surface area contributed by atoms with Crippen LogP contribution in [0.2, 0.25) is 27.3 Å². The maximum Gasteiger partial charge on any atom is 0.150 e. The van der Waals surface area contributed by atoms with Crippen LogP contribution in [0.3, 0.4) is 0 Å². The first-order valence-electron chi connectivity index (χ1n) is 8.84. The van der Waals surface area contributed by atoms with E-state index in [-0.39, 0.29) is 0 Å². The molecule has 138 valence electrons. The molecular weight excluding hydrogens is 370 g/mol. The van der Waals surface area contributed by atoms with Crippen molar-refractivity contribution in [3.05, 3.63) is 70.7 Å². The molecule has 0 amide bonds. The van der Waals surface area contributed by atoms with Gasteiger partial charge in [-0.3, -0.25) is 4.79 Å². The van der Waals surface area contributed by atoms with Gasteiger partial charge in [0.15, 0.2) is 0 Å². The summed E-state index contributed by atoms with van der Waals surface area (Å²) < 4.78 is 1.13. The topological polar surface area (TPSA) is 17.1 Å². The van der Waals surface area contributed by atoms with Crippen molar-refractivity contribution in [1.29, 1.82) is 0 Å². The number of aldehydes is 1. The molecule has 2 aromatic carbocycles. The molecule has 0 unspecified atom stereocenters. The number of rotatable bonds is 1. The van der Waals surface area contributed by atoms with Crippen molar-refractivity contribution < 1.29 is 4.79 Å². The van der Waals surface area contributed by atoms with Gasteiger partial charge in [-0.1, -0.05) is 119 Å². The molecule has 0 fully saturated rings. The molecule has 0 saturated carbocycles. The molecule has 0 N–H and O–H groups in total. The zero-order valence-corrected chi connectivity index (χ0v) is 18.9. The molecule has 0 aliphatic rings. The lowest BCUT2D eigenvalue weighted by atomic mass is 9.88. The minimum absolute atomic E-state index is 0.729. The summed E-state index contributed by atoms with van der Waals surface area (Å²) >= 11 is 3.31. The van der Waals surface area contributed by atoms with Gasteiger partial charge in [0.2, 0.25) is 0 Å². The van der Waals surface area contributed by atoms with Crippen molar-refractivity contribution in [3.63, 3.8) is 0 Å². The Labute approximate surface area is 167 Å². The molecule has 0 bridgehead atoms. The summed E-state index contributed by atoms with van der Waals surface area (Å²) in [4.78, 5) is 10.0. The number of carbonyl (C=O) groups excluding carboxylic acids is 1. The lowest BCUT2D eigenvalue weighted by molar-refractivity contribution is 0.112. The SMILES string of the molecule is Brc1ccccc1.CC.CC.C[B]C.C[B]C.O=Cc1ccccc1. The number of benzene rings is 2. The van der Waals surface area contributed by atoms with Crippen LogP contribution in [-0.2, 0) is 0 Å².